The van der Waals surface area contributed by atoms with E-state index in [4.69, 9.17) is 16.3 Å². The summed E-state index contributed by atoms with van der Waals surface area (Å²) in [6, 6.07) is 6.60. The van der Waals surface area contributed by atoms with Gasteiger partial charge >= 0.3 is 0 Å². The summed E-state index contributed by atoms with van der Waals surface area (Å²) in [4.78, 5) is 2.33. The van der Waals surface area contributed by atoms with Crippen molar-refractivity contribution in [1.29, 1.82) is 0 Å². The number of ether oxygens (including phenoxy) is 1. The molecule has 0 bridgehead atoms. The van der Waals surface area contributed by atoms with Gasteiger partial charge in [-0.3, -0.25) is 0 Å². The first-order valence-corrected chi connectivity index (χ1v) is 7.76. The molecule has 0 spiro atoms. The van der Waals surface area contributed by atoms with Crippen LogP contribution in [0, 0.1) is 6.92 Å². The summed E-state index contributed by atoms with van der Waals surface area (Å²) < 4.78 is 5.95. The number of rotatable bonds is 5. The molecule has 0 aliphatic carbocycles. The predicted molar refractivity (Wildman–Crippen MR) is 84.6 cm³/mol. The smallest absolute Gasteiger partial charge is 0.0858 e. The average molecular weight is 297 g/mol. The van der Waals surface area contributed by atoms with Crippen LogP contribution in [-0.4, -0.2) is 50.3 Å². The highest BCUT2D eigenvalue weighted by atomic mass is 35.5. The first kappa shape index (κ1) is 15.8. The second kappa shape index (κ2) is 7.41. The van der Waals surface area contributed by atoms with E-state index in [1.165, 1.54) is 11.1 Å². The number of nitrogens with zero attached hydrogens (tertiary/aromatic N) is 1. The van der Waals surface area contributed by atoms with Crippen molar-refractivity contribution in [1.82, 2.24) is 10.2 Å². The minimum absolute atomic E-state index is 0.228. The Morgan fingerprint density at radius 2 is 2.30 bits per heavy atom. The van der Waals surface area contributed by atoms with Crippen molar-refractivity contribution >= 4 is 11.6 Å². The van der Waals surface area contributed by atoms with Gasteiger partial charge in [-0.05, 0) is 44.1 Å². The molecule has 1 fully saturated rings. The van der Waals surface area contributed by atoms with Gasteiger partial charge in [-0.25, -0.2) is 0 Å². The Morgan fingerprint density at radius 1 is 1.50 bits per heavy atom. The number of morpholine rings is 1. The minimum atomic E-state index is 0.228. The van der Waals surface area contributed by atoms with Crippen LogP contribution in [0.3, 0.4) is 0 Å². The van der Waals surface area contributed by atoms with Crippen molar-refractivity contribution in [2.24, 2.45) is 0 Å². The van der Waals surface area contributed by atoms with Gasteiger partial charge in [0.25, 0.3) is 0 Å². The highest BCUT2D eigenvalue weighted by Gasteiger charge is 2.26. The number of aryl methyl sites for hydroxylation is 1. The van der Waals surface area contributed by atoms with Crippen molar-refractivity contribution in [3.63, 3.8) is 0 Å². The molecule has 2 unspecified atom stereocenters. The lowest BCUT2D eigenvalue weighted by Crippen LogP contribution is -2.52. The van der Waals surface area contributed by atoms with E-state index in [1.807, 2.05) is 6.07 Å². The lowest BCUT2D eigenvalue weighted by atomic mass is 9.99. The van der Waals surface area contributed by atoms with Gasteiger partial charge in [-0.2, -0.15) is 0 Å². The maximum Gasteiger partial charge on any atom is 0.0858 e. The number of hydrogen-bond acceptors (Lipinski definition) is 3. The first-order chi connectivity index (χ1) is 9.60. The Morgan fingerprint density at radius 3 is 2.95 bits per heavy atom. The summed E-state index contributed by atoms with van der Waals surface area (Å²) in [6.07, 6.45) is 1.14. The fourth-order valence-electron chi connectivity index (χ4n) is 2.71. The summed E-state index contributed by atoms with van der Waals surface area (Å²) in [5.41, 5.74) is 2.40. The summed E-state index contributed by atoms with van der Waals surface area (Å²) in [5.74, 6) is 0. The van der Waals surface area contributed by atoms with Crippen molar-refractivity contribution in [2.75, 3.05) is 33.3 Å². The van der Waals surface area contributed by atoms with Crippen molar-refractivity contribution in [2.45, 2.75) is 32.4 Å². The molecule has 2 rings (SSSR count). The molecule has 2 atom stereocenters. The lowest BCUT2D eigenvalue weighted by Gasteiger charge is -2.35. The van der Waals surface area contributed by atoms with E-state index in [2.05, 4.69) is 43.2 Å². The molecule has 3 nitrogen and oxygen atoms in total. The van der Waals surface area contributed by atoms with E-state index in [1.54, 1.807) is 0 Å². The van der Waals surface area contributed by atoms with E-state index in [9.17, 15) is 0 Å². The third-order valence-electron chi connectivity index (χ3n) is 3.86. The van der Waals surface area contributed by atoms with Crippen molar-refractivity contribution in [3.05, 3.63) is 34.3 Å². The zero-order chi connectivity index (χ0) is 14.5. The normalized spacial score (nSPS) is 21.9. The van der Waals surface area contributed by atoms with Crippen LogP contribution in [-0.2, 0) is 11.2 Å². The van der Waals surface area contributed by atoms with Crippen LogP contribution in [0.2, 0.25) is 5.02 Å². The van der Waals surface area contributed by atoms with Gasteiger partial charge < -0.3 is 15.0 Å². The Balaban J connectivity index is 2.08. The quantitative estimate of drug-likeness (QED) is 0.903. The molecule has 1 aromatic carbocycles. The molecule has 0 radical (unpaired) electrons. The first-order valence-electron chi connectivity index (χ1n) is 7.38. The van der Waals surface area contributed by atoms with Crippen molar-refractivity contribution in [3.8, 4) is 0 Å². The second-order valence-electron chi connectivity index (χ2n) is 5.63. The fourth-order valence-corrected chi connectivity index (χ4v) is 3.02. The number of benzene rings is 1. The van der Waals surface area contributed by atoms with E-state index in [0.717, 1.165) is 37.7 Å². The molecule has 1 heterocycles. The standard InChI is InChI=1S/C16H25ClN2O/c1-4-18-15(16-11-19(3)7-8-20-16)10-13-6-5-12(2)9-14(13)17/h5-6,9,15-16,18H,4,7-8,10-11H2,1-3H3. The number of halogens is 1. The molecule has 0 aromatic heterocycles. The van der Waals surface area contributed by atoms with Gasteiger partial charge in [0, 0.05) is 24.2 Å². The maximum absolute atomic E-state index is 6.36. The predicted octanol–water partition coefficient (Wildman–Crippen LogP) is 2.50. The molecule has 1 aliphatic rings. The molecule has 0 saturated carbocycles. The summed E-state index contributed by atoms with van der Waals surface area (Å²) in [6.45, 7) is 7.94. The molecule has 1 N–H and O–H groups in total. The number of nitrogens with one attached hydrogen (secondary N) is 1. The minimum Gasteiger partial charge on any atom is -0.374 e. The molecule has 1 aliphatic heterocycles. The summed E-state index contributed by atoms with van der Waals surface area (Å²) >= 11 is 6.36. The van der Waals surface area contributed by atoms with E-state index in [-0.39, 0.29) is 6.10 Å². The van der Waals surface area contributed by atoms with Gasteiger partial charge in [0.2, 0.25) is 0 Å². The van der Waals surface area contributed by atoms with Crippen LogP contribution < -0.4 is 5.32 Å². The van der Waals surface area contributed by atoms with Crippen LogP contribution in [0.4, 0.5) is 0 Å². The van der Waals surface area contributed by atoms with Crippen LogP contribution in [0.5, 0.6) is 0 Å². The largest absolute Gasteiger partial charge is 0.374 e. The molecular formula is C16H25ClN2O. The number of hydrogen-bond donors (Lipinski definition) is 1. The lowest BCUT2D eigenvalue weighted by molar-refractivity contribution is -0.0381. The third kappa shape index (κ3) is 4.19. The Bertz CT molecular complexity index is 438. The Kier molecular flexibility index (Phi) is 5.85. The van der Waals surface area contributed by atoms with Gasteiger partial charge in [0.15, 0.2) is 0 Å². The summed E-state index contributed by atoms with van der Waals surface area (Å²) in [7, 11) is 2.15. The monoisotopic (exact) mass is 296 g/mol. The van der Waals surface area contributed by atoms with Crippen molar-refractivity contribution < 1.29 is 4.74 Å². The molecule has 1 saturated heterocycles. The maximum atomic E-state index is 6.36. The zero-order valence-corrected chi connectivity index (χ0v) is 13.4. The van der Waals surface area contributed by atoms with Gasteiger partial charge in [-0.1, -0.05) is 30.7 Å². The molecule has 4 heteroatoms. The molecule has 1 aromatic rings. The highest BCUT2D eigenvalue weighted by Crippen LogP contribution is 2.21. The molecule has 20 heavy (non-hydrogen) atoms. The topological polar surface area (TPSA) is 24.5 Å². The van der Waals surface area contributed by atoms with Gasteiger partial charge in [0.1, 0.15) is 0 Å². The second-order valence-corrected chi connectivity index (χ2v) is 6.04. The molecule has 112 valence electrons. The summed E-state index contributed by atoms with van der Waals surface area (Å²) in [5, 5.41) is 4.41. The van der Waals surface area contributed by atoms with Gasteiger partial charge in [-0.15, -0.1) is 0 Å². The highest BCUT2D eigenvalue weighted by molar-refractivity contribution is 6.31. The molecule has 0 amide bonds. The Hall–Kier alpha value is -0.610. The zero-order valence-electron chi connectivity index (χ0n) is 12.7. The fraction of sp³-hybridized carbons (Fsp3) is 0.625. The van der Waals surface area contributed by atoms with E-state index in [0.29, 0.717) is 6.04 Å². The average Bonchev–Trinajstić information content (AvgIpc) is 2.41. The van der Waals surface area contributed by atoms with Crippen LogP contribution >= 0.6 is 11.6 Å². The van der Waals surface area contributed by atoms with Crippen LogP contribution in [0.1, 0.15) is 18.1 Å². The molecular weight excluding hydrogens is 272 g/mol. The number of likely N-dealkylation sites (N-methyl/N-ethyl adjacent to an activating group) is 2. The third-order valence-corrected chi connectivity index (χ3v) is 4.21. The van der Waals surface area contributed by atoms with Crippen LogP contribution in [0.15, 0.2) is 18.2 Å². The SMILES string of the molecule is CCNC(Cc1ccc(C)cc1Cl)C1CN(C)CCO1. The van der Waals surface area contributed by atoms with Crippen LogP contribution in [0.25, 0.3) is 0 Å². The van der Waals surface area contributed by atoms with E-state index >= 15 is 0 Å². The Labute approximate surface area is 127 Å². The van der Waals surface area contributed by atoms with E-state index < -0.39 is 0 Å². The van der Waals surface area contributed by atoms with Gasteiger partial charge in [0.05, 0.1) is 12.7 Å².